The van der Waals surface area contributed by atoms with Crippen LogP contribution in [0.2, 0.25) is 0 Å². The minimum absolute atomic E-state index is 0.124. The monoisotopic (exact) mass is 601 g/mol. The summed E-state index contributed by atoms with van der Waals surface area (Å²) in [5, 5.41) is 16.4. The molecule has 4 aromatic rings. The number of nitrogens with two attached hydrogens (primary N) is 2. The number of aliphatic carboxylic acids is 1. The van der Waals surface area contributed by atoms with Gasteiger partial charge >= 0.3 is 5.97 Å². The number of nitrogens with zero attached hydrogens (tertiary/aromatic N) is 1. The summed E-state index contributed by atoms with van der Waals surface area (Å²) in [5.41, 5.74) is 14.9. The van der Waals surface area contributed by atoms with Crippen LogP contribution < -0.4 is 22.1 Å². The molecule has 1 aliphatic rings. The Kier molecular flexibility index (Phi) is 8.95. The molecule has 0 spiro atoms. The zero-order chi connectivity index (χ0) is 31.4. The van der Waals surface area contributed by atoms with E-state index in [2.05, 4.69) is 20.6 Å². The van der Waals surface area contributed by atoms with Crippen LogP contribution in [-0.4, -0.2) is 80.3 Å². The molecular weight excluding hydrogens is 566 g/mol. The van der Waals surface area contributed by atoms with Crippen molar-refractivity contribution in [1.82, 2.24) is 25.5 Å². The number of aromatic nitrogens is 2. The number of amides is 4. The van der Waals surface area contributed by atoms with Crippen LogP contribution in [0, 0.1) is 0 Å². The summed E-state index contributed by atoms with van der Waals surface area (Å²) < 4.78 is 0. The first-order chi connectivity index (χ1) is 21.1. The lowest BCUT2D eigenvalue weighted by atomic mass is 10.0. The summed E-state index contributed by atoms with van der Waals surface area (Å²) in [5.74, 6) is -4.04. The third-order valence-electron chi connectivity index (χ3n) is 8.02. The molecule has 4 unspecified atom stereocenters. The van der Waals surface area contributed by atoms with Crippen LogP contribution in [0.1, 0.15) is 30.4 Å². The minimum atomic E-state index is -1.53. The summed E-state index contributed by atoms with van der Waals surface area (Å²) in [4.78, 5) is 71.3. The van der Waals surface area contributed by atoms with Crippen molar-refractivity contribution in [3.05, 3.63) is 72.1 Å². The van der Waals surface area contributed by atoms with Gasteiger partial charge in [0.1, 0.15) is 18.1 Å². The fourth-order valence-electron chi connectivity index (χ4n) is 5.80. The lowest BCUT2D eigenvalue weighted by molar-refractivity contribution is -0.145. The molecule has 1 aliphatic heterocycles. The number of carboxylic acids is 1. The van der Waals surface area contributed by atoms with Crippen molar-refractivity contribution in [1.29, 1.82) is 0 Å². The van der Waals surface area contributed by atoms with E-state index < -0.39 is 60.2 Å². The van der Waals surface area contributed by atoms with Gasteiger partial charge in [-0.15, -0.1) is 0 Å². The van der Waals surface area contributed by atoms with Crippen molar-refractivity contribution in [2.24, 2.45) is 11.5 Å². The van der Waals surface area contributed by atoms with Crippen molar-refractivity contribution in [2.45, 2.75) is 56.3 Å². The Morgan fingerprint density at radius 2 is 1.48 bits per heavy atom. The van der Waals surface area contributed by atoms with Gasteiger partial charge in [0.05, 0.1) is 12.5 Å². The van der Waals surface area contributed by atoms with Crippen molar-refractivity contribution >= 4 is 51.4 Å². The van der Waals surface area contributed by atoms with E-state index in [0.717, 1.165) is 32.9 Å². The molecule has 0 aliphatic carbocycles. The molecule has 4 atom stereocenters. The molecular formula is C31H35N7O6. The van der Waals surface area contributed by atoms with E-state index in [0.29, 0.717) is 6.42 Å². The summed E-state index contributed by atoms with van der Waals surface area (Å²) in [6.45, 7) is 0.228. The highest BCUT2D eigenvalue weighted by atomic mass is 16.4. The zero-order valence-corrected chi connectivity index (χ0v) is 23.9. The molecule has 0 saturated carbocycles. The maximum atomic E-state index is 14.1. The van der Waals surface area contributed by atoms with Crippen molar-refractivity contribution < 1.29 is 29.1 Å². The number of likely N-dealkylation sites (tertiary alicyclic amines) is 1. The van der Waals surface area contributed by atoms with Crippen molar-refractivity contribution in [2.75, 3.05) is 6.54 Å². The van der Waals surface area contributed by atoms with Gasteiger partial charge < -0.3 is 42.1 Å². The van der Waals surface area contributed by atoms with Gasteiger partial charge in [-0.3, -0.25) is 19.2 Å². The first-order valence-corrected chi connectivity index (χ1v) is 14.4. The van der Waals surface area contributed by atoms with E-state index >= 15 is 0 Å². The normalized spacial score (nSPS) is 16.8. The fourth-order valence-corrected chi connectivity index (χ4v) is 5.80. The summed E-state index contributed by atoms with van der Waals surface area (Å²) in [6.07, 6.45) is 4.13. The number of H-pyrrole nitrogens is 2. The SMILES string of the molecule is NC(=O)CC(NC(=O)C1CCCN1C(=O)C(Cc1c[nH]c2ccccc12)NC(=O)C(N)Cc1c[nH]c2ccccc12)C(=O)O. The van der Waals surface area contributed by atoms with Gasteiger partial charge in [-0.25, -0.2) is 4.79 Å². The van der Waals surface area contributed by atoms with E-state index in [9.17, 15) is 29.1 Å². The van der Waals surface area contributed by atoms with Gasteiger partial charge in [0, 0.05) is 47.2 Å². The number of rotatable bonds is 12. The average Bonchev–Trinajstić information content (AvgIpc) is 3.75. The first kappa shape index (κ1) is 30.3. The molecule has 13 heteroatoms. The lowest BCUT2D eigenvalue weighted by Crippen LogP contribution is -2.57. The second-order valence-corrected chi connectivity index (χ2v) is 11.1. The number of nitrogens with one attached hydrogen (secondary N) is 4. The quantitative estimate of drug-likeness (QED) is 0.123. The molecule has 9 N–H and O–H groups in total. The number of benzene rings is 2. The van der Waals surface area contributed by atoms with E-state index in [1.165, 1.54) is 4.90 Å². The molecule has 230 valence electrons. The Balaban J connectivity index is 1.36. The minimum Gasteiger partial charge on any atom is -0.480 e. The van der Waals surface area contributed by atoms with Gasteiger partial charge in [-0.1, -0.05) is 36.4 Å². The number of carbonyl (C=O) groups is 5. The summed E-state index contributed by atoms with van der Waals surface area (Å²) >= 11 is 0. The largest absolute Gasteiger partial charge is 0.480 e. The molecule has 0 bridgehead atoms. The highest BCUT2D eigenvalue weighted by Gasteiger charge is 2.39. The van der Waals surface area contributed by atoms with E-state index in [4.69, 9.17) is 11.5 Å². The summed E-state index contributed by atoms with van der Waals surface area (Å²) in [6, 6.07) is 10.7. The molecule has 4 amide bonds. The standard InChI is InChI=1S/C31H35N7O6/c32-21(12-17-15-34-22-8-3-1-6-19(17)22)28(40)36-24(13-18-16-35-23-9-4-2-7-20(18)23)30(42)38-11-5-10-26(38)29(41)37-25(31(43)44)14-27(33)39/h1-4,6-9,15-16,21,24-26,34-35H,5,10-14,32H2,(H2,33,39)(H,36,40)(H,37,41)(H,43,44). The van der Waals surface area contributed by atoms with Gasteiger partial charge in [0.15, 0.2) is 0 Å². The summed E-state index contributed by atoms with van der Waals surface area (Å²) in [7, 11) is 0. The van der Waals surface area contributed by atoms with Crippen molar-refractivity contribution in [3.8, 4) is 0 Å². The Hall–Kier alpha value is -5.17. The van der Waals surface area contributed by atoms with Crippen LogP contribution >= 0.6 is 0 Å². The molecule has 1 fully saturated rings. The third kappa shape index (κ3) is 6.57. The molecule has 2 aromatic carbocycles. The molecule has 1 saturated heterocycles. The molecule has 3 heterocycles. The Morgan fingerprint density at radius 1 is 0.886 bits per heavy atom. The average molecular weight is 602 g/mol. The van der Waals surface area contributed by atoms with Crippen LogP contribution in [0.25, 0.3) is 21.8 Å². The second kappa shape index (κ2) is 13.0. The number of carbonyl (C=O) groups excluding carboxylic acids is 4. The zero-order valence-electron chi connectivity index (χ0n) is 23.9. The van der Waals surface area contributed by atoms with Gasteiger partial charge in [-0.2, -0.15) is 0 Å². The highest BCUT2D eigenvalue weighted by molar-refractivity contribution is 5.96. The number of hydrogen-bond acceptors (Lipinski definition) is 6. The number of para-hydroxylation sites is 2. The maximum Gasteiger partial charge on any atom is 0.326 e. The van der Waals surface area contributed by atoms with Crippen LogP contribution in [0.3, 0.4) is 0 Å². The van der Waals surface area contributed by atoms with E-state index in [1.807, 2.05) is 54.7 Å². The molecule has 44 heavy (non-hydrogen) atoms. The van der Waals surface area contributed by atoms with Crippen LogP contribution in [0.5, 0.6) is 0 Å². The van der Waals surface area contributed by atoms with Gasteiger partial charge in [0.2, 0.25) is 23.6 Å². The van der Waals surface area contributed by atoms with E-state index in [-0.39, 0.29) is 25.8 Å². The van der Waals surface area contributed by atoms with Crippen LogP contribution in [0.4, 0.5) is 0 Å². The topological polar surface area (TPSA) is 216 Å². The Bertz CT molecular complexity index is 1710. The number of aromatic amines is 2. The maximum absolute atomic E-state index is 14.1. The predicted molar refractivity (Wildman–Crippen MR) is 162 cm³/mol. The smallest absolute Gasteiger partial charge is 0.326 e. The molecule has 2 aromatic heterocycles. The number of hydrogen-bond donors (Lipinski definition) is 7. The second-order valence-electron chi connectivity index (χ2n) is 11.1. The van der Waals surface area contributed by atoms with Crippen LogP contribution in [-0.2, 0) is 36.8 Å². The van der Waals surface area contributed by atoms with Gasteiger partial charge in [-0.05, 0) is 42.5 Å². The van der Waals surface area contributed by atoms with Crippen LogP contribution in [0.15, 0.2) is 60.9 Å². The number of carboxylic acid groups (broad SMARTS) is 1. The molecule has 0 radical (unpaired) electrons. The highest BCUT2D eigenvalue weighted by Crippen LogP contribution is 2.24. The van der Waals surface area contributed by atoms with Crippen molar-refractivity contribution in [3.63, 3.8) is 0 Å². The Labute approximate surface area is 252 Å². The Morgan fingerprint density at radius 3 is 2.07 bits per heavy atom. The predicted octanol–water partition coefficient (Wildman–Crippen LogP) is 0.682. The molecule has 13 nitrogen and oxygen atoms in total. The fraction of sp³-hybridized carbons (Fsp3) is 0.323. The third-order valence-corrected chi connectivity index (χ3v) is 8.02. The lowest BCUT2D eigenvalue weighted by Gasteiger charge is -2.30. The number of primary amides is 1. The van der Waals surface area contributed by atoms with E-state index in [1.54, 1.807) is 6.20 Å². The van der Waals surface area contributed by atoms with Gasteiger partial charge in [0.25, 0.3) is 0 Å². The number of fused-ring (bicyclic) bond motifs is 2. The molecule has 5 rings (SSSR count). The first-order valence-electron chi connectivity index (χ1n) is 14.4.